The van der Waals surface area contributed by atoms with E-state index >= 15 is 0 Å². The Morgan fingerprint density at radius 2 is 2.28 bits per heavy atom. The molecule has 0 aliphatic heterocycles. The van der Waals surface area contributed by atoms with E-state index in [1.165, 1.54) is 30.0 Å². The lowest BCUT2D eigenvalue weighted by atomic mass is 10.2. The summed E-state index contributed by atoms with van der Waals surface area (Å²) in [6.45, 7) is 0. The number of benzene rings is 1. The highest BCUT2D eigenvalue weighted by atomic mass is 16.6. The van der Waals surface area contributed by atoms with E-state index in [9.17, 15) is 14.9 Å². The van der Waals surface area contributed by atoms with E-state index < -0.39 is 4.92 Å². The lowest BCUT2D eigenvalue weighted by Crippen LogP contribution is -2.01. The first-order valence-corrected chi connectivity index (χ1v) is 4.98. The van der Waals surface area contributed by atoms with E-state index in [0.29, 0.717) is 12.0 Å². The molecule has 1 aromatic heterocycles. The quantitative estimate of drug-likeness (QED) is 0.465. The number of aromatic nitrogens is 2. The average Bonchev–Trinajstić information content (AvgIpc) is 2.86. The zero-order valence-corrected chi connectivity index (χ0v) is 9.44. The van der Waals surface area contributed by atoms with Crippen LogP contribution < -0.4 is 4.74 Å². The normalized spacial score (nSPS) is 10.1. The van der Waals surface area contributed by atoms with Gasteiger partial charge in [0.1, 0.15) is 0 Å². The summed E-state index contributed by atoms with van der Waals surface area (Å²) in [5.74, 6) is 0.339. The van der Waals surface area contributed by atoms with Crippen LogP contribution in [-0.4, -0.2) is 27.9 Å². The molecular weight excluding hydrogens is 238 g/mol. The summed E-state index contributed by atoms with van der Waals surface area (Å²) in [6.07, 6.45) is 3.57. The van der Waals surface area contributed by atoms with Crippen LogP contribution in [0, 0.1) is 10.1 Å². The predicted molar refractivity (Wildman–Crippen MR) is 62.2 cm³/mol. The first kappa shape index (κ1) is 11.8. The maximum Gasteiger partial charge on any atom is 0.312 e. The molecule has 92 valence electrons. The SMILES string of the molecule is COc1ccc(-n2ccnc2C=O)cc1[N+](=O)[O-]. The van der Waals surface area contributed by atoms with Crippen molar-refractivity contribution in [2.45, 2.75) is 0 Å². The standard InChI is InChI=1S/C11H9N3O4/c1-18-10-3-2-8(6-9(10)14(16)17)13-5-4-12-11(13)7-15/h2-7H,1H3. The van der Waals surface area contributed by atoms with Gasteiger partial charge in [0.05, 0.1) is 17.7 Å². The molecule has 0 aliphatic rings. The maximum atomic E-state index is 10.9. The number of carbonyl (C=O) groups is 1. The van der Waals surface area contributed by atoms with Crippen molar-refractivity contribution in [3.8, 4) is 11.4 Å². The van der Waals surface area contributed by atoms with Crippen molar-refractivity contribution in [2.24, 2.45) is 0 Å². The van der Waals surface area contributed by atoms with Crippen molar-refractivity contribution in [3.05, 3.63) is 46.5 Å². The van der Waals surface area contributed by atoms with Crippen LogP contribution in [0.15, 0.2) is 30.6 Å². The number of rotatable bonds is 4. The van der Waals surface area contributed by atoms with E-state index in [1.807, 2.05) is 0 Å². The number of aldehydes is 1. The Labute approximate surface area is 102 Å². The van der Waals surface area contributed by atoms with Crippen molar-refractivity contribution >= 4 is 12.0 Å². The molecule has 0 bridgehead atoms. The van der Waals surface area contributed by atoms with Gasteiger partial charge in [0, 0.05) is 18.5 Å². The van der Waals surface area contributed by atoms with Crippen molar-refractivity contribution in [1.29, 1.82) is 0 Å². The highest BCUT2D eigenvalue weighted by Gasteiger charge is 2.16. The van der Waals surface area contributed by atoms with Gasteiger partial charge < -0.3 is 4.74 Å². The van der Waals surface area contributed by atoms with Gasteiger partial charge in [-0.05, 0) is 12.1 Å². The molecule has 7 heteroatoms. The molecule has 2 rings (SSSR count). The van der Waals surface area contributed by atoms with Gasteiger partial charge in [-0.1, -0.05) is 0 Å². The minimum absolute atomic E-state index is 0.163. The Morgan fingerprint density at radius 3 is 2.89 bits per heavy atom. The maximum absolute atomic E-state index is 10.9. The number of methoxy groups -OCH3 is 1. The van der Waals surface area contributed by atoms with Crippen LogP contribution in [0.2, 0.25) is 0 Å². The third-order valence-electron chi connectivity index (χ3n) is 2.41. The van der Waals surface area contributed by atoms with E-state index in [4.69, 9.17) is 4.74 Å². The molecule has 0 amide bonds. The number of imidazole rings is 1. The van der Waals surface area contributed by atoms with Gasteiger partial charge >= 0.3 is 5.69 Å². The van der Waals surface area contributed by atoms with E-state index in [2.05, 4.69) is 4.98 Å². The van der Waals surface area contributed by atoms with Crippen LogP contribution in [0.4, 0.5) is 5.69 Å². The lowest BCUT2D eigenvalue weighted by molar-refractivity contribution is -0.385. The Balaban J connectivity index is 2.57. The highest BCUT2D eigenvalue weighted by Crippen LogP contribution is 2.29. The van der Waals surface area contributed by atoms with Crippen LogP contribution in [0.25, 0.3) is 5.69 Å². The third-order valence-corrected chi connectivity index (χ3v) is 2.41. The zero-order valence-electron chi connectivity index (χ0n) is 9.44. The first-order chi connectivity index (χ1) is 8.67. The molecule has 0 spiro atoms. The Bertz CT molecular complexity index is 606. The molecule has 1 heterocycles. The molecule has 0 saturated heterocycles. The van der Waals surface area contributed by atoms with Crippen LogP contribution in [0.1, 0.15) is 10.6 Å². The molecule has 0 unspecified atom stereocenters. The zero-order chi connectivity index (χ0) is 13.1. The molecule has 0 fully saturated rings. The molecule has 0 N–H and O–H groups in total. The van der Waals surface area contributed by atoms with E-state index in [1.54, 1.807) is 12.3 Å². The molecule has 18 heavy (non-hydrogen) atoms. The smallest absolute Gasteiger partial charge is 0.312 e. The molecular formula is C11H9N3O4. The second-order valence-corrected chi connectivity index (χ2v) is 3.39. The fourth-order valence-electron chi connectivity index (χ4n) is 1.59. The van der Waals surface area contributed by atoms with E-state index in [0.717, 1.165) is 0 Å². The second kappa shape index (κ2) is 4.66. The summed E-state index contributed by atoms with van der Waals surface area (Å²) in [6, 6.07) is 4.41. The first-order valence-electron chi connectivity index (χ1n) is 4.98. The molecule has 0 saturated carbocycles. The summed E-state index contributed by atoms with van der Waals surface area (Å²) in [5.41, 5.74) is 0.308. The minimum Gasteiger partial charge on any atom is -0.490 e. The van der Waals surface area contributed by atoms with Gasteiger partial charge in [-0.15, -0.1) is 0 Å². The van der Waals surface area contributed by atoms with Gasteiger partial charge in [-0.3, -0.25) is 19.5 Å². The fraction of sp³-hybridized carbons (Fsp3) is 0.0909. The van der Waals surface area contributed by atoms with E-state index in [-0.39, 0.29) is 17.3 Å². The average molecular weight is 247 g/mol. The summed E-state index contributed by atoms with van der Waals surface area (Å²) in [5, 5.41) is 10.9. The minimum atomic E-state index is -0.542. The predicted octanol–water partition coefficient (Wildman–Crippen LogP) is 1.60. The van der Waals surface area contributed by atoms with Crippen LogP contribution >= 0.6 is 0 Å². The molecule has 2 aromatic rings. The Kier molecular flexibility index (Phi) is 3.05. The van der Waals surface area contributed by atoms with Gasteiger partial charge in [-0.2, -0.15) is 0 Å². The highest BCUT2D eigenvalue weighted by molar-refractivity contribution is 5.71. The number of hydrogen-bond donors (Lipinski definition) is 0. The summed E-state index contributed by atoms with van der Waals surface area (Å²) < 4.78 is 6.36. The number of nitrogens with zero attached hydrogens (tertiary/aromatic N) is 3. The van der Waals surface area contributed by atoms with Gasteiger partial charge in [-0.25, -0.2) is 4.98 Å². The molecule has 0 aliphatic carbocycles. The van der Waals surface area contributed by atoms with Crippen molar-refractivity contribution in [2.75, 3.05) is 7.11 Å². The number of carbonyl (C=O) groups excluding carboxylic acids is 1. The van der Waals surface area contributed by atoms with Gasteiger partial charge in [0.15, 0.2) is 17.9 Å². The molecule has 0 atom stereocenters. The van der Waals surface area contributed by atoms with Crippen molar-refractivity contribution in [1.82, 2.24) is 9.55 Å². The number of hydrogen-bond acceptors (Lipinski definition) is 5. The molecule has 7 nitrogen and oxygen atoms in total. The molecule has 1 aromatic carbocycles. The topological polar surface area (TPSA) is 87.3 Å². The van der Waals surface area contributed by atoms with Crippen molar-refractivity contribution in [3.63, 3.8) is 0 Å². The number of ether oxygens (including phenoxy) is 1. The third kappa shape index (κ3) is 1.93. The molecule has 0 radical (unpaired) electrons. The van der Waals surface area contributed by atoms with Crippen molar-refractivity contribution < 1.29 is 14.5 Å². The number of nitro benzene ring substituents is 1. The second-order valence-electron chi connectivity index (χ2n) is 3.39. The van der Waals surface area contributed by atoms with Crippen LogP contribution in [-0.2, 0) is 0 Å². The van der Waals surface area contributed by atoms with Gasteiger partial charge in [0.2, 0.25) is 0 Å². The van der Waals surface area contributed by atoms with Crippen LogP contribution in [0.3, 0.4) is 0 Å². The Hall–Kier alpha value is -2.70. The summed E-state index contributed by atoms with van der Waals surface area (Å²) in [7, 11) is 1.36. The lowest BCUT2D eigenvalue weighted by Gasteiger charge is -2.06. The fourth-order valence-corrected chi connectivity index (χ4v) is 1.59. The number of nitro groups is 1. The summed E-state index contributed by atoms with van der Waals surface area (Å²) in [4.78, 5) is 24.9. The Morgan fingerprint density at radius 1 is 1.50 bits per heavy atom. The van der Waals surface area contributed by atoms with Crippen LogP contribution in [0.5, 0.6) is 5.75 Å². The monoisotopic (exact) mass is 247 g/mol. The van der Waals surface area contributed by atoms with Gasteiger partial charge in [0.25, 0.3) is 0 Å². The largest absolute Gasteiger partial charge is 0.490 e. The summed E-state index contributed by atoms with van der Waals surface area (Å²) >= 11 is 0.